The molecule has 6 heteroatoms. The van der Waals surface area contributed by atoms with Crippen LogP contribution in [0, 0.1) is 12.8 Å². The zero-order valence-corrected chi connectivity index (χ0v) is 19.2. The summed E-state index contributed by atoms with van der Waals surface area (Å²) in [6.07, 6.45) is 8.16. The average molecular weight is 428 g/mol. The number of rotatable bonds is 4. The van der Waals surface area contributed by atoms with Crippen LogP contribution in [-0.4, -0.2) is 26.3 Å². The summed E-state index contributed by atoms with van der Waals surface area (Å²) in [6, 6.07) is 9.90. The number of anilines is 3. The molecular weight excluding hydrogens is 398 g/mol. The maximum Gasteiger partial charge on any atom is 0.167 e. The quantitative estimate of drug-likeness (QED) is 0.529. The van der Waals surface area contributed by atoms with E-state index in [4.69, 9.17) is 4.98 Å². The minimum absolute atomic E-state index is 0.108. The number of hydrogen-bond donors (Lipinski definition) is 2. The Hall–Kier alpha value is -3.54. The number of Topliss-reactive ketones (excluding diaryl/α,β-unsaturated/α-hetero) is 1. The Labute approximate surface area is 189 Å². The van der Waals surface area contributed by atoms with Crippen LogP contribution in [0.2, 0.25) is 0 Å². The van der Waals surface area contributed by atoms with Gasteiger partial charge in [0.25, 0.3) is 0 Å². The number of nitrogens with one attached hydrogen (secondary N) is 2. The fourth-order valence-corrected chi connectivity index (χ4v) is 3.76. The third kappa shape index (κ3) is 5.02. The molecule has 1 unspecified atom stereocenters. The summed E-state index contributed by atoms with van der Waals surface area (Å²) in [6.45, 7) is 10.2. The van der Waals surface area contributed by atoms with Gasteiger partial charge in [0, 0.05) is 30.0 Å². The molecule has 3 heterocycles. The van der Waals surface area contributed by atoms with Gasteiger partial charge in [-0.3, -0.25) is 9.78 Å². The Balaban J connectivity index is 1.73. The number of pyridine rings is 3. The molecule has 0 saturated carbocycles. The molecular formula is C26H29N5O. The second-order valence-electron chi connectivity index (χ2n) is 9.40. The van der Waals surface area contributed by atoms with E-state index in [1.54, 1.807) is 12.4 Å². The first kappa shape index (κ1) is 21.7. The van der Waals surface area contributed by atoms with E-state index < -0.39 is 0 Å². The van der Waals surface area contributed by atoms with E-state index in [9.17, 15) is 4.79 Å². The van der Waals surface area contributed by atoms with Crippen LogP contribution in [0.4, 0.5) is 17.5 Å². The molecule has 0 amide bonds. The lowest BCUT2D eigenvalue weighted by Crippen LogP contribution is -2.28. The second-order valence-corrected chi connectivity index (χ2v) is 9.40. The molecule has 3 aromatic rings. The highest BCUT2D eigenvalue weighted by Crippen LogP contribution is 2.32. The maximum absolute atomic E-state index is 13.0. The minimum atomic E-state index is -0.237. The van der Waals surface area contributed by atoms with Gasteiger partial charge in [0.15, 0.2) is 5.78 Å². The molecule has 164 valence electrons. The van der Waals surface area contributed by atoms with Gasteiger partial charge in [-0.1, -0.05) is 19.1 Å². The lowest BCUT2D eigenvalue weighted by molar-refractivity contribution is 0.0973. The SMILES string of the molecule is Cc1cc(-c2ccnc(Nc3cc4c(c(NC(C)(C)C)n3)C(=O)CC(C)C=C4)c2)ccn1. The van der Waals surface area contributed by atoms with Crippen molar-refractivity contribution in [1.82, 2.24) is 15.0 Å². The number of nitrogens with zero attached hydrogens (tertiary/aromatic N) is 3. The van der Waals surface area contributed by atoms with Crippen molar-refractivity contribution in [2.24, 2.45) is 5.92 Å². The van der Waals surface area contributed by atoms with Gasteiger partial charge in [-0.2, -0.15) is 0 Å². The molecule has 6 nitrogen and oxygen atoms in total. The van der Waals surface area contributed by atoms with E-state index in [-0.39, 0.29) is 17.2 Å². The molecule has 4 rings (SSSR count). The summed E-state index contributed by atoms with van der Waals surface area (Å²) in [5, 5.41) is 6.75. The van der Waals surface area contributed by atoms with E-state index in [0.717, 1.165) is 22.4 Å². The van der Waals surface area contributed by atoms with Gasteiger partial charge in [0.2, 0.25) is 0 Å². The molecule has 3 aromatic heterocycles. The molecule has 1 aliphatic rings. The summed E-state index contributed by atoms with van der Waals surface area (Å²) in [5.41, 5.74) is 4.36. The van der Waals surface area contributed by atoms with Crippen LogP contribution in [0.15, 0.2) is 48.8 Å². The Kier molecular flexibility index (Phi) is 5.78. The van der Waals surface area contributed by atoms with E-state index in [1.807, 2.05) is 43.3 Å². The van der Waals surface area contributed by atoms with E-state index in [2.05, 4.69) is 54.4 Å². The van der Waals surface area contributed by atoms with Crippen molar-refractivity contribution in [3.8, 4) is 11.1 Å². The van der Waals surface area contributed by atoms with Gasteiger partial charge in [-0.25, -0.2) is 9.97 Å². The first-order chi connectivity index (χ1) is 15.2. The fraction of sp³-hybridized carbons (Fsp3) is 0.308. The van der Waals surface area contributed by atoms with Crippen LogP contribution in [0.5, 0.6) is 0 Å². The molecule has 0 radical (unpaired) electrons. The zero-order valence-electron chi connectivity index (χ0n) is 19.2. The van der Waals surface area contributed by atoms with Crippen LogP contribution in [0.3, 0.4) is 0 Å². The van der Waals surface area contributed by atoms with Crippen molar-refractivity contribution in [2.45, 2.75) is 46.6 Å². The summed E-state index contributed by atoms with van der Waals surface area (Å²) >= 11 is 0. The van der Waals surface area contributed by atoms with E-state index in [1.165, 1.54) is 0 Å². The van der Waals surface area contributed by atoms with Crippen LogP contribution in [0.25, 0.3) is 17.2 Å². The number of aryl methyl sites for hydroxylation is 1. The summed E-state index contributed by atoms with van der Waals surface area (Å²) in [7, 11) is 0. The number of carbonyl (C=O) groups excluding carboxylic acids is 1. The molecule has 0 spiro atoms. The van der Waals surface area contributed by atoms with Gasteiger partial charge in [-0.15, -0.1) is 0 Å². The Morgan fingerprint density at radius 2 is 1.72 bits per heavy atom. The number of hydrogen-bond acceptors (Lipinski definition) is 6. The summed E-state index contributed by atoms with van der Waals surface area (Å²) in [5.74, 6) is 2.22. The van der Waals surface area contributed by atoms with Crippen molar-refractivity contribution in [1.29, 1.82) is 0 Å². The Morgan fingerprint density at radius 1 is 1.00 bits per heavy atom. The lowest BCUT2D eigenvalue weighted by atomic mass is 10.00. The largest absolute Gasteiger partial charge is 0.365 e. The third-order valence-corrected chi connectivity index (χ3v) is 5.18. The number of allylic oxidation sites excluding steroid dienone is 1. The van der Waals surface area contributed by atoms with E-state index in [0.29, 0.717) is 29.4 Å². The lowest BCUT2D eigenvalue weighted by Gasteiger charge is -2.24. The molecule has 0 fully saturated rings. The standard InChI is InChI=1S/C26H29N5O/c1-16-6-7-20-15-23(30-25(31-26(3,4)5)24(20)21(32)12-16)29-22-14-19(9-11-28-22)18-8-10-27-17(2)13-18/h6-11,13-16H,12H2,1-5H3,(H2,28,29,30,31). The highest BCUT2D eigenvalue weighted by atomic mass is 16.1. The second kappa shape index (κ2) is 8.54. The first-order valence-electron chi connectivity index (χ1n) is 10.9. The van der Waals surface area contributed by atoms with Crippen molar-refractivity contribution in [3.63, 3.8) is 0 Å². The molecule has 0 aromatic carbocycles. The van der Waals surface area contributed by atoms with Crippen molar-refractivity contribution in [2.75, 3.05) is 10.6 Å². The van der Waals surface area contributed by atoms with Gasteiger partial charge < -0.3 is 10.6 Å². The predicted octanol–water partition coefficient (Wildman–Crippen LogP) is 6.04. The van der Waals surface area contributed by atoms with Crippen LogP contribution < -0.4 is 10.6 Å². The van der Waals surface area contributed by atoms with Gasteiger partial charge in [0.05, 0.1) is 5.56 Å². The third-order valence-electron chi connectivity index (χ3n) is 5.18. The fourth-order valence-electron chi connectivity index (χ4n) is 3.76. The highest BCUT2D eigenvalue weighted by Gasteiger charge is 2.24. The topological polar surface area (TPSA) is 79.8 Å². The molecule has 1 aliphatic carbocycles. The maximum atomic E-state index is 13.0. The molecule has 32 heavy (non-hydrogen) atoms. The van der Waals surface area contributed by atoms with Gasteiger partial charge in [0.1, 0.15) is 17.5 Å². The Morgan fingerprint density at radius 3 is 2.44 bits per heavy atom. The highest BCUT2D eigenvalue weighted by molar-refractivity contribution is 6.05. The first-order valence-corrected chi connectivity index (χ1v) is 10.9. The molecule has 1 atom stereocenters. The van der Waals surface area contributed by atoms with Crippen molar-refractivity contribution >= 4 is 29.3 Å². The van der Waals surface area contributed by atoms with Gasteiger partial charge >= 0.3 is 0 Å². The monoisotopic (exact) mass is 427 g/mol. The number of fused-ring (bicyclic) bond motifs is 1. The van der Waals surface area contributed by atoms with Crippen molar-refractivity contribution in [3.05, 3.63) is 65.6 Å². The molecule has 0 saturated heterocycles. The molecule has 0 aliphatic heterocycles. The normalized spacial score (nSPS) is 15.8. The van der Waals surface area contributed by atoms with Gasteiger partial charge in [-0.05, 0) is 80.6 Å². The van der Waals surface area contributed by atoms with E-state index >= 15 is 0 Å². The van der Waals surface area contributed by atoms with Crippen molar-refractivity contribution < 1.29 is 4.79 Å². The zero-order chi connectivity index (χ0) is 22.9. The number of carbonyl (C=O) groups is 1. The average Bonchev–Trinajstić information content (AvgIpc) is 2.85. The van der Waals surface area contributed by atoms with Crippen LogP contribution in [0.1, 0.15) is 55.7 Å². The Bertz CT molecular complexity index is 1190. The summed E-state index contributed by atoms with van der Waals surface area (Å²) < 4.78 is 0. The molecule has 0 bridgehead atoms. The number of ketones is 1. The summed E-state index contributed by atoms with van der Waals surface area (Å²) in [4.78, 5) is 26.5. The smallest absolute Gasteiger partial charge is 0.167 e. The van der Waals surface area contributed by atoms with Crippen LogP contribution in [-0.2, 0) is 0 Å². The molecule has 2 N–H and O–H groups in total. The predicted molar refractivity (Wildman–Crippen MR) is 130 cm³/mol. The minimum Gasteiger partial charge on any atom is -0.365 e. The van der Waals surface area contributed by atoms with Crippen LogP contribution >= 0.6 is 0 Å². The number of aromatic nitrogens is 3.